The SMILES string of the molecule is COC(C)(C)CNc1cc(C(C)(C)C)c2nc(-c3nnc(NC4CC(O)(C(F)F)C4)o3)cc(C)c2c1. The third kappa shape index (κ3) is 5.29. The Morgan fingerprint density at radius 2 is 1.86 bits per heavy atom. The van der Waals surface area contributed by atoms with Crippen molar-refractivity contribution in [2.45, 2.75) is 83.5 Å². The van der Waals surface area contributed by atoms with Crippen LogP contribution in [0.5, 0.6) is 0 Å². The molecule has 1 fully saturated rings. The van der Waals surface area contributed by atoms with Gasteiger partial charge in [-0.3, -0.25) is 0 Å². The third-order valence-electron chi connectivity index (χ3n) is 6.78. The maximum atomic E-state index is 12.9. The second-order valence-corrected chi connectivity index (χ2v) is 11.4. The van der Waals surface area contributed by atoms with Crippen molar-refractivity contribution in [2.24, 2.45) is 0 Å². The number of benzene rings is 1. The van der Waals surface area contributed by atoms with Crippen molar-refractivity contribution in [2.75, 3.05) is 24.3 Å². The number of hydrogen-bond donors (Lipinski definition) is 3. The molecule has 1 aromatic carbocycles. The number of anilines is 2. The van der Waals surface area contributed by atoms with Gasteiger partial charge in [0.1, 0.15) is 11.3 Å². The topological polar surface area (TPSA) is 105 Å². The number of hydrogen-bond acceptors (Lipinski definition) is 8. The molecule has 3 N–H and O–H groups in total. The van der Waals surface area contributed by atoms with Crippen LogP contribution in [-0.4, -0.2) is 57.6 Å². The summed E-state index contributed by atoms with van der Waals surface area (Å²) in [6.45, 7) is 13.1. The predicted octanol–water partition coefficient (Wildman–Crippen LogP) is 5.30. The van der Waals surface area contributed by atoms with Gasteiger partial charge in [-0.1, -0.05) is 25.9 Å². The number of rotatable bonds is 8. The van der Waals surface area contributed by atoms with Gasteiger partial charge in [0.25, 0.3) is 12.3 Å². The average Bonchev–Trinajstić information content (AvgIpc) is 3.24. The van der Waals surface area contributed by atoms with E-state index in [1.165, 1.54) is 0 Å². The molecule has 0 spiro atoms. The van der Waals surface area contributed by atoms with E-state index in [4.69, 9.17) is 14.1 Å². The number of fused-ring (bicyclic) bond motifs is 1. The summed E-state index contributed by atoms with van der Waals surface area (Å²) in [5.74, 6) is 0.231. The summed E-state index contributed by atoms with van der Waals surface area (Å²) in [7, 11) is 1.70. The Balaban J connectivity index is 1.63. The minimum absolute atomic E-state index is 0.0808. The maximum absolute atomic E-state index is 12.9. The van der Waals surface area contributed by atoms with Crippen LogP contribution in [0.25, 0.3) is 22.5 Å². The maximum Gasteiger partial charge on any atom is 0.316 e. The number of alkyl halides is 2. The van der Waals surface area contributed by atoms with Crippen LogP contribution in [0.4, 0.5) is 20.5 Å². The molecule has 2 heterocycles. The van der Waals surface area contributed by atoms with Crippen molar-refractivity contribution in [3.63, 3.8) is 0 Å². The fraction of sp³-hybridized carbons (Fsp3) is 0.577. The molecule has 0 saturated heterocycles. The van der Waals surface area contributed by atoms with Gasteiger partial charge in [-0.2, -0.15) is 0 Å². The largest absolute Gasteiger partial charge is 0.402 e. The minimum Gasteiger partial charge on any atom is -0.402 e. The first-order valence-electron chi connectivity index (χ1n) is 12.1. The van der Waals surface area contributed by atoms with Crippen LogP contribution in [-0.2, 0) is 10.2 Å². The normalized spacial score (nSPS) is 20.6. The molecular formula is C26H35F2N5O3. The third-order valence-corrected chi connectivity index (χ3v) is 6.78. The first kappa shape index (κ1) is 26.2. The number of nitrogens with one attached hydrogen (secondary N) is 2. The number of halogens is 2. The minimum atomic E-state index is -2.78. The van der Waals surface area contributed by atoms with E-state index in [0.29, 0.717) is 12.2 Å². The van der Waals surface area contributed by atoms with Gasteiger partial charge in [0.2, 0.25) is 0 Å². The second kappa shape index (κ2) is 9.23. The van der Waals surface area contributed by atoms with Gasteiger partial charge in [-0.25, -0.2) is 13.8 Å². The Kier molecular flexibility index (Phi) is 6.72. The van der Waals surface area contributed by atoms with Crippen molar-refractivity contribution < 1.29 is 23.0 Å². The molecule has 196 valence electrons. The summed E-state index contributed by atoms with van der Waals surface area (Å²) in [5, 5.41) is 25.3. The van der Waals surface area contributed by atoms with Gasteiger partial charge < -0.3 is 24.9 Å². The van der Waals surface area contributed by atoms with E-state index < -0.39 is 12.0 Å². The van der Waals surface area contributed by atoms with Gasteiger partial charge in [-0.05, 0) is 55.5 Å². The molecule has 0 radical (unpaired) electrons. The highest BCUT2D eigenvalue weighted by atomic mass is 19.3. The van der Waals surface area contributed by atoms with Crippen LogP contribution in [0.3, 0.4) is 0 Å². The van der Waals surface area contributed by atoms with Gasteiger partial charge in [-0.15, -0.1) is 5.10 Å². The molecule has 0 amide bonds. The van der Waals surface area contributed by atoms with E-state index in [0.717, 1.165) is 27.7 Å². The summed E-state index contributed by atoms with van der Waals surface area (Å²) in [4.78, 5) is 4.90. The summed E-state index contributed by atoms with van der Waals surface area (Å²) < 4.78 is 37.0. The number of ether oxygens (including phenoxy) is 1. The van der Waals surface area contributed by atoms with E-state index in [-0.39, 0.29) is 41.8 Å². The summed E-state index contributed by atoms with van der Waals surface area (Å²) >= 11 is 0. The van der Waals surface area contributed by atoms with E-state index in [2.05, 4.69) is 53.7 Å². The van der Waals surface area contributed by atoms with Gasteiger partial charge in [0, 0.05) is 43.6 Å². The molecule has 10 heteroatoms. The van der Waals surface area contributed by atoms with Gasteiger partial charge in [0.15, 0.2) is 0 Å². The molecule has 0 unspecified atom stereocenters. The first-order valence-corrected chi connectivity index (χ1v) is 12.1. The van der Waals surface area contributed by atoms with E-state index >= 15 is 0 Å². The number of pyridine rings is 1. The predicted molar refractivity (Wildman–Crippen MR) is 136 cm³/mol. The molecule has 8 nitrogen and oxygen atoms in total. The Morgan fingerprint density at radius 1 is 1.17 bits per heavy atom. The summed E-state index contributed by atoms with van der Waals surface area (Å²) in [6.07, 6.45) is -2.94. The highest BCUT2D eigenvalue weighted by Gasteiger charge is 2.50. The van der Waals surface area contributed by atoms with Crippen molar-refractivity contribution in [3.05, 3.63) is 29.3 Å². The fourth-order valence-electron chi connectivity index (χ4n) is 4.30. The zero-order chi connectivity index (χ0) is 26.5. The van der Waals surface area contributed by atoms with Crippen LogP contribution in [0.1, 0.15) is 58.6 Å². The molecule has 1 aliphatic rings. The lowest BCUT2D eigenvalue weighted by Gasteiger charge is -2.42. The van der Waals surface area contributed by atoms with Crippen molar-refractivity contribution in [3.8, 4) is 11.6 Å². The molecule has 3 aromatic rings. The van der Waals surface area contributed by atoms with Crippen molar-refractivity contribution in [1.29, 1.82) is 0 Å². The van der Waals surface area contributed by atoms with Gasteiger partial charge in [0.05, 0.1) is 11.1 Å². The number of nitrogens with zero attached hydrogens (tertiary/aromatic N) is 3. The molecule has 1 aliphatic carbocycles. The number of aryl methyl sites for hydroxylation is 1. The van der Waals surface area contributed by atoms with Crippen LogP contribution < -0.4 is 10.6 Å². The number of methoxy groups -OCH3 is 1. The molecule has 0 bridgehead atoms. The average molecular weight is 504 g/mol. The Morgan fingerprint density at radius 3 is 2.47 bits per heavy atom. The standard InChI is InChI=1S/C26H35F2N5O3/c1-14-8-19(21-32-33-23(36-21)30-16-11-26(34,12-16)22(27)28)31-20-17(14)9-15(10-18(20)24(2,3)4)29-13-25(5,6)35-7/h8-10,16,22,29,34H,11-13H2,1-7H3,(H,30,33). The number of aliphatic hydroxyl groups is 1. The molecule has 0 atom stereocenters. The fourth-order valence-corrected chi connectivity index (χ4v) is 4.30. The molecule has 4 rings (SSSR count). The second-order valence-electron chi connectivity index (χ2n) is 11.4. The summed E-state index contributed by atoms with van der Waals surface area (Å²) in [6, 6.07) is 5.86. The lowest BCUT2D eigenvalue weighted by molar-refractivity contribution is -0.148. The van der Waals surface area contributed by atoms with E-state index in [1.54, 1.807) is 7.11 Å². The molecule has 36 heavy (non-hydrogen) atoms. The van der Waals surface area contributed by atoms with Crippen molar-refractivity contribution >= 4 is 22.6 Å². The van der Waals surface area contributed by atoms with Crippen LogP contribution in [0.15, 0.2) is 22.6 Å². The first-order chi connectivity index (χ1) is 16.7. The van der Waals surface area contributed by atoms with E-state index in [1.807, 2.05) is 26.8 Å². The molecule has 1 saturated carbocycles. The van der Waals surface area contributed by atoms with E-state index in [9.17, 15) is 13.9 Å². The molecular weight excluding hydrogens is 468 g/mol. The monoisotopic (exact) mass is 503 g/mol. The van der Waals surface area contributed by atoms with Crippen LogP contribution in [0.2, 0.25) is 0 Å². The zero-order valence-corrected chi connectivity index (χ0v) is 21.9. The number of aromatic nitrogens is 3. The lowest BCUT2D eigenvalue weighted by Crippen LogP contribution is -2.55. The smallest absolute Gasteiger partial charge is 0.316 e. The summed E-state index contributed by atoms with van der Waals surface area (Å²) in [5.41, 5.74) is 2.00. The molecule has 0 aliphatic heterocycles. The highest BCUT2D eigenvalue weighted by Crippen LogP contribution is 2.39. The van der Waals surface area contributed by atoms with Crippen molar-refractivity contribution in [1.82, 2.24) is 15.2 Å². The highest BCUT2D eigenvalue weighted by molar-refractivity contribution is 5.90. The van der Waals surface area contributed by atoms with Gasteiger partial charge >= 0.3 is 6.01 Å². The Bertz CT molecular complexity index is 1250. The van der Waals surface area contributed by atoms with Crippen LogP contribution in [0, 0.1) is 6.92 Å². The Labute approximate surface area is 209 Å². The van der Waals surface area contributed by atoms with Crippen LogP contribution >= 0.6 is 0 Å². The molecule has 2 aromatic heterocycles. The zero-order valence-electron chi connectivity index (χ0n) is 21.9. The lowest BCUT2D eigenvalue weighted by atomic mass is 9.76. The quantitative estimate of drug-likeness (QED) is 0.380. The Hall–Kier alpha value is -2.85.